The predicted molar refractivity (Wildman–Crippen MR) is 91.1 cm³/mol. The lowest BCUT2D eigenvalue weighted by Gasteiger charge is -2.08. The summed E-state index contributed by atoms with van der Waals surface area (Å²) in [5, 5.41) is 15.0. The average Bonchev–Trinajstić information content (AvgIpc) is 2.58. The second kappa shape index (κ2) is 7.21. The van der Waals surface area contributed by atoms with E-state index in [4.69, 9.17) is 23.2 Å². The SMILES string of the molecule is Clc1ccc(Nc2nncc(NCc3cccnc3)n2)cc1Cl. The molecule has 0 saturated carbocycles. The lowest BCUT2D eigenvalue weighted by atomic mass is 10.3. The molecule has 0 aliphatic heterocycles. The summed E-state index contributed by atoms with van der Waals surface area (Å²) in [4.78, 5) is 8.40. The Bertz CT molecular complexity index is 797. The van der Waals surface area contributed by atoms with Crippen molar-refractivity contribution in [2.45, 2.75) is 6.54 Å². The first-order valence-corrected chi connectivity index (χ1v) is 7.51. The molecule has 0 aliphatic rings. The van der Waals surface area contributed by atoms with Crippen molar-refractivity contribution in [3.05, 3.63) is 64.5 Å². The van der Waals surface area contributed by atoms with Gasteiger partial charge in [0.2, 0.25) is 5.95 Å². The van der Waals surface area contributed by atoms with Crippen LogP contribution < -0.4 is 10.6 Å². The molecular formula is C15H12Cl2N6. The molecule has 0 aliphatic carbocycles. The summed E-state index contributed by atoms with van der Waals surface area (Å²) < 4.78 is 0. The van der Waals surface area contributed by atoms with Crippen molar-refractivity contribution in [2.75, 3.05) is 10.6 Å². The molecular weight excluding hydrogens is 335 g/mol. The first-order valence-electron chi connectivity index (χ1n) is 6.75. The van der Waals surface area contributed by atoms with Gasteiger partial charge >= 0.3 is 0 Å². The number of benzene rings is 1. The van der Waals surface area contributed by atoms with Gasteiger partial charge in [0, 0.05) is 24.6 Å². The molecule has 3 aromatic rings. The van der Waals surface area contributed by atoms with Crippen LogP contribution in [0.15, 0.2) is 48.9 Å². The van der Waals surface area contributed by atoms with E-state index in [1.54, 1.807) is 36.8 Å². The van der Waals surface area contributed by atoms with Crippen LogP contribution in [0, 0.1) is 0 Å². The van der Waals surface area contributed by atoms with Gasteiger partial charge in [-0.1, -0.05) is 29.3 Å². The smallest absolute Gasteiger partial charge is 0.249 e. The maximum Gasteiger partial charge on any atom is 0.249 e. The van der Waals surface area contributed by atoms with Crippen molar-refractivity contribution in [2.24, 2.45) is 0 Å². The van der Waals surface area contributed by atoms with Crippen LogP contribution in [-0.2, 0) is 6.54 Å². The number of anilines is 3. The number of rotatable bonds is 5. The van der Waals surface area contributed by atoms with Gasteiger partial charge in [0.25, 0.3) is 0 Å². The minimum atomic E-state index is 0.361. The number of hydrogen-bond acceptors (Lipinski definition) is 6. The van der Waals surface area contributed by atoms with Crippen molar-refractivity contribution < 1.29 is 0 Å². The standard InChI is InChI=1S/C15H12Cl2N6/c16-12-4-3-11(6-13(12)17)21-15-22-14(9-20-23-15)19-8-10-2-1-5-18-7-10/h1-7,9H,8H2,(H2,19,21,22,23). The number of pyridine rings is 1. The van der Waals surface area contributed by atoms with Gasteiger partial charge in [-0.2, -0.15) is 10.1 Å². The molecule has 0 fully saturated rings. The van der Waals surface area contributed by atoms with Crippen molar-refractivity contribution in [1.82, 2.24) is 20.2 Å². The third-order valence-electron chi connectivity index (χ3n) is 2.93. The van der Waals surface area contributed by atoms with Crippen LogP contribution in [-0.4, -0.2) is 20.2 Å². The highest BCUT2D eigenvalue weighted by Crippen LogP contribution is 2.26. The number of aromatic nitrogens is 4. The van der Waals surface area contributed by atoms with E-state index in [0.717, 1.165) is 11.3 Å². The van der Waals surface area contributed by atoms with Gasteiger partial charge < -0.3 is 10.6 Å². The third-order valence-corrected chi connectivity index (χ3v) is 3.67. The summed E-state index contributed by atoms with van der Waals surface area (Å²) in [6.07, 6.45) is 5.07. The minimum Gasteiger partial charge on any atom is -0.364 e. The average molecular weight is 347 g/mol. The summed E-state index contributed by atoms with van der Waals surface area (Å²) >= 11 is 11.9. The fourth-order valence-electron chi connectivity index (χ4n) is 1.84. The van der Waals surface area contributed by atoms with Gasteiger partial charge in [0.1, 0.15) is 0 Å². The second-order valence-corrected chi connectivity index (χ2v) is 5.45. The van der Waals surface area contributed by atoms with Gasteiger partial charge in [-0.3, -0.25) is 4.98 Å². The fraction of sp³-hybridized carbons (Fsp3) is 0.0667. The van der Waals surface area contributed by atoms with Gasteiger partial charge in [0.15, 0.2) is 5.82 Å². The van der Waals surface area contributed by atoms with Crippen LogP contribution in [0.4, 0.5) is 17.5 Å². The van der Waals surface area contributed by atoms with Gasteiger partial charge in [-0.05, 0) is 29.8 Å². The Kier molecular flexibility index (Phi) is 4.85. The Morgan fingerprint density at radius 1 is 1.04 bits per heavy atom. The molecule has 0 bridgehead atoms. The molecule has 0 radical (unpaired) electrons. The van der Waals surface area contributed by atoms with E-state index >= 15 is 0 Å². The summed E-state index contributed by atoms with van der Waals surface area (Å²) in [6, 6.07) is 9.04. The highest BCUT2D eigenvalue weighted by atomic mass is 35.5. The number of nitrogens with zero attached hydrogens (tertiary/aromatic N) is 4. The summed E-state index contributed by atoms with van der Waals surface area (Å²) in [6.45, 7) is 0.596. The molecule has 0 unspecified atom stereocenters. The van der Waals surface area contributed by atoms with E-state index in [1.807, 2.05) is 12.1 Å². The lowest BCUT2D eigenvalue weighted by molar-refractivity contribution is 0.964. The molecule has 2 aromatic heterocycles. The van der Waals surface area contributed by atoms with E-state index in [2.05, 4.69) is 30.8 Å². The molecule has 0 spiro atoms. The van der Waals surface area contributed by atoms with Crippen LogP contribution in [0.5, 0.6) is 0 Å². The molecule has 8 heteroatoms. The van der Waals surface area contributed by atoms with Gasteiger partial charge in [-0.15, -0.1) is 5.10 Å². The number of halogens is 2. The van der Waals surface area contributed by atoms with E-state index in [-0.39, 0.29) is 0 Å². The van der Waals surface area contributed by atoms with E-state index in [9.17, 15) is 0 Å². The second-order valence-electron chi connectivity index (χ2n) is 4.63. The molecule has 0 atom stereocenters. The maximum absolute atomic E-state index is 5.98. The highest BCUT2D eigenvalue weighted by molar-refractivity contribution is 6.42. The minimum absolute atomic E-state index is 0.361. The molecule has 6 nitrogen and oxygen atoms in total. The normalized spacial score (nSPS) is 10.3. The Morgan fingerprint density at radius 3 is 2.74 bits per heavy atom. The van der Waals surface area contributed by atoms with Crippen LogP contribution in [0.2, 0.25) is 10.0 Å². The number of nitrogens with one attached hydrogen (secondary N) is 2. The maximum atomic E-state index is 5.98. The monoisotopic (exact) mass is 346 g/mol. The largest absolute Gasteiger partial charge is 0.364 e. The van der Waals surface area contributed by atoms with Crippen LogP contribution in [0.1, 0.15) is 5.56 Å². The molecule has 2 heterocycles. The molecule has 2 N–H and O–H groups in total. The zero-order valence-electron chi connectivity index (χ0n) is 11.9. The van der Waals surface area contributed by atoms with Gasteiger partial charge in [-0.25, -0.2) is 0 Å². The molecule has 23 heavy (non-hydrogen) atoms. The summed E-state index contributed by atoms with van der Waals surface area (Å²) in [7, 11) is 0. The van der Waals surface area contributed by atoms with Crippen molar-refractivity contribution in [1.29, 1.82) is 0 Å². The van der Waals surface area contributed by atoms with Crippen molar-refractivity contribution in [3.8, 4) is 0 Å². The van der Waals surface area contributed by atoms with Crippen LogP contribution in [0.25, 0.3) is 0 Å². The van der Waals surface area contributed by atoms with E-state index in [1.165, 1.54) is 0 Å². The quantitative estimate of drug-likeness (QED) is 0.728. The van der Waals surface area contributed by atoms with E-state index in [0.29, 0.717) is 28.4 Å². The third kappa shape index (κ3) is 4.28. The summed E-state index contributed by atoms with van der Waals surface area (Å²) in [5.41, 5.74) is 1.77. The molecule has 0 saturated heterocycles. The molecule has 3 rings (SSSR count). The number of hydrogen-bond donors (Lipinski definition) is 2. The highest BCUT2D eigenvalue weighted by Gasteiger charge is 2.04. The zero-order chi connectivity index (χ0) is 16.1. The first kappa shape index (κ1) is 15.5. The van der Waals surface area contributed by atoms with Crippen LogP contribution >= 0.6 is 23.2 Å². The Morgan fingerprint density at radius 2 is 1.96 bits per heavy atom. The first-order chi connectivity index (χ1) is 11.2. The summed E-state index contributed by atoms with van der Waals surface area (Å²) in [5.74, 6) is 0.964. The van der Waals surface area contributed by atoms with Crippen LogP contribution in [0.3, 0.4) is 0 Å². The van der Waals surface area contributed by atoms with Crippen molar-refractivity contribution in [3.63, 3.8) is 0 Å². The molecule has 1 aromatic carbocycles. The predicted octanol–water partition coefficient (Wildman–Crippen LogP) is 3.93. The Labute approximate surface area is 142 Å². The molecule has 116 valence electrons. The topological polar surface area (TPSA) is 75.6 Å². The lowest BCUT2D eigenvalue weighted by Crippen LogP contribution is -2.05. The van der Waals surface area contributed by atoms with Gasteiger partial charge in [0.05, 0.1) is 16.2 Å². The molecule has 0 amide bonds. The van der Waals surface area contributed by atoms with Crippen molar-refractivity contribution >= 4 is 40.7 Å². The Balaban J connectivity index is 1.68. The Hall–Kier alpha value is -2.44. The fourth-order valence-corrected chi connectivity index (χ4v) is 2.14. The van der Waals surface area contributed by atoms with E-state index < -0.39 is 0 Å². The zero-order valence-corrected chi connectivity index (χ0v) is 13.4.